The maximum Gasteiger partial charge on any atom is 0.119 e. The summed E-state index contributed by atoms with van der Waals surface area (Å²) in [4.78, 5) is 2.52. The first-order valence-corrected chi connectivity index (χ1v) is 7.80. The summed E-state index contributed by atoms with van der Waals surface area (Å²) in [5.74, 6) is 1.66. The quantitative estimate of drug-likeness (QED) is 0.778. The Kier molecular flexibility index (Phi) is 6.34. The number of aliphatic hydroxyl groups excluding tert-OH is 1. The SMILES string of the molecule is Cc1cccc(OCCCN2CCCC(CCO)C2)c1. The summed E-state index contributed by atoms with van der Waals surface area (Å²) in [5, 5.41) is 9.03. The normalized spacial score (nSPS) is 20.0. The van der Waals surface area contributed by atoms with Crippen LogP contribution in [0, 0.1) is 12.8 Å². The van der Waals surface area contributed by atoms with Crippen LogP contribution < -0.4 is 4.74 Å². The summed E-state index contributed by atoms with van der Waals surface area (Å²) < 4.78 is 5.79. The molecule has 3 heteroatoms. The molecule has 1 aliphatic rings. The second-order valence-corrected chi connectivity index (χ2v) is 5.84. The summed E-state index contributed by atoms with van der Waals surface area (Å²) in [6, 6.07) is 8.22. The number of rotatable bonds is 7. The van der Waals surface area contributed by atoms with Crippen LogP contribution in [-0.2, 0) is 0 Å². The van der Waals surface area contributed by atoms with Crippen molar-refractivity contribution in [1.82, 2.24) is 4.90 Å². The molecule has 1 saturated heterocycles. The lowest BCUT2D eigenvalue weighted by Crippen LogP contribution is -2.36. The fourth-order valence-corrected chi connectivity index (χ4v) is 2.96. The topological polar surface area (TPSA) is 32.7 Å². The number of likely N-dealkylation sites (tertiary alicyclic amines) is 1. The van der Waals surface area contributed by atoms with Gasteiger partial charge in [0.05, 0.1) is 6.61 Å². The van der Waals surface area contributed by atoms with Crippen LogP contribution in [0.3, 0.4) is 0 Å². The predicted octanol–water partition coefficient (Wildman–Crippen LogP) is 2.86. The van der Waals surface area contributed by atoms with Gasteiger partial charge in [0.2, 0.25) is 0 Å². The van der Waals surface area contributed by atoms with Gasteiger partial charge in [-0.25, -0.2) is 0 Å². The number of aryl methyl sites for hydroxylation is 1. The minimum Gasteiger partial charge on any atom is -0.494 e. The molecule has 0 aromatic heterocycles. The van der Waals surface area contributed by atoms with Crippen LogP contribution in [0.5, 0.6) is 5.75 Å². The molecule has 0 saturated carbocycles. The van der Waals surface area contributed by atoms with Gasteiger partial charge in [-0.15, -0.1) is 0 Å². The number of nitrogens with zero attached hydrogens (tertiary/aromatic N) is 1. The zero-order chi connectivity index (χ0) is 14.2. The van der Waals surface area contributed by atoms with E-state index in [4.69, 9.17) is 9.84 Å². The molecule has 1 fully saturated rings. The second-order valence-electron chi connectivity index (χ2n) is 5.84. The molecule has 112 valence electrons. The van der Waals surface area contributed by atoms with E-state index in [2.05, 4.69) is 24.0 Å². The van der Waals surface area contributed by atoms with Crippen molar-refractivity contribution in [3.05, 3.63) is 29.8 Å². The summed E-state index contributed by atoms with van der Waals surface area (Å²) >= 11 is 0. The first kappa shape index (κ1) is 15.3. The molecule has 0 bridgehead atoms. The molecule has 1 unspecified atom stereocenters. The van der Waals surface area contributed by atoms with Crippen molar-refractivity contribution in [3.8, 4) is 5.75 Å². The Labute approximate surface area is 122 Å². The average Bonchev–Trinajstić information content (AvgIpc) is 2.45. The molecule has 0 amide bonds. The maximum atomic E-state index is 9.03. The number of piperidine rings is 1. The first-order chi connectivity index (χ1) is 9.78. The van der Waals surface area contributed by atoms with Gasteiger partial charge >= 0.3 is 0 Å². The van der Waals surface area contributed by atoms with E-state index < -0.39 is 0 Å². The molecule has 1 N–H and O–H groups in total. The Hall–Kier alpha value is -1.06. The molecular weight excluding hydrogens is 250 g/mol. The second kappa shape index (κ2) is 8.28. The van der Waals surface area contributed by atoms with E-state index in [-0.39, 0.29) is 0 Å². The van der Waals surface area contributed by atoms with Gasteiger partial charge in [0, 0.05) is 19.7 Å². The van der Waals surface area contributed by atoms with Crippen LogP contribution in [0.4, 0.5) is 0 Å². The molecule has 20 heavy (non-hydrogen) atoms. The molecule has 1 heterocycles. The Morgan fingerprint density at radius 2 is 2.30 bits per heavy atom. The standard InChI is InChI=1S/C17H27NO2/c1-15-5-2-7-17(13-15)20-12-4-10-18-9-3-6-16(14-18)8-11-19/h2,5,7,13,16,19H,3-4,6,8-12,14H2,1H3. The van der Waals surface area contributed by atoms with Gasteiger partial charge in [0.1, 0.15) is 5.75 Å². The van der Waals surface area contributed by atoms with Crippen LogP contribution in [0.1, 0.15) is 31.2 Å². The Morgan fingerprint density at radius 1 is 1.40 bits per heavy atom. The molecule has 3 nitrogen and oxygen atoms in total. The summed E-state index contributed by atoms with van der Waals surface area (Å²) in [6.07, 6.45) is 4.57. The van der Waals surface area contributed by atoms with Crippen molar-refractivity contribution in [3.63, 3.8) is 0 Å². The van der Waals surface area contributed by atoms with Crippen LogP contribution in [0.15, 0.2) is 24.3 Å². The number of aliphatic hydroxyl groups is 1. The maximum absolute atomic E-state index is 9.03. The molecule has 1 aromatic carbocycles. The fraction of sp³-hybridized carbons (Fsp3) is 0.647. The molecule has 0 aliphatic carbocycles. The van der Waals surface area contributed by atoms with E-state index in [0.29, 0.717) is 12.5 Å². The average molecular weight is 277 g/mol. The fourth-order valence-electron chi connectivity index (χ4n) is 2.96. The van der Waals surface area contributed by atoms with Gasteiger partial charge in [0.25, 0.3) is 0 Å². The van der Waals surface area contributed by atoms with E-state index in [1.165, 1.54) is 24.9 Å². The minimum absolute atomic E-state index is 0.328. The number of hydrogen-bond donors (Lipinski definition) is 1. The van der Waals surface area contributed by atoms with Gasteiger partial charge in [-0.3, -0.25) is 0 Å². The van der Waals surface area contributed by atoms with E-state index in [0.717, 1.165) is 38.3 Å². The lowest BCUT2D eigenvalue weighted by molar-refractivity contribution is 0.140. The van der Waals surface area contributed by atoms with Gasteiger partial charge < -0.3 is 14.7 Å². The molecular formula is C17H27NO2. The predicted molar refractivity (Wildman–Crippen MR) is 82.2 cm³/mol. The van der Waals surface area contributed by atoms with E-state index in [1.54, 1.807) is 0 Å². The summed E-state index contributed by atoms with van der Waals surface area (Å²) in [7, 11) is 0. The van der Waals surface area contributed by atoms with Crippen molar-refractivity contribution < 1.29 is 9.84 Å². The zero-order valence-electron chi connectivity index (χ0n) is 12.6. The number of ether oxygens (including phenoxy) is 1. The summed E-state index contributed by atoms with van der Waals surface area (Å²) in [6.45, 7) is 6.65. The van der Waals surface area contributed by atoms with E-state index >= 15 is 0 Å². The first-order valence-electron chi connectivity index (χ1n) is 7.80. The van der Waals surface area contributed by atoms with Crippen molar-refractivity contribution in [1.29, 1.82) is 0 Å². The molecule has 0 radical (unpaired) electrons. The number of benzene rings is 1. The Bertz CT molecular complexity index is 392. The molecule has 1 aliphatic heterocycles. The number of hydrogen-bond acceptors (Lipinski definition) is 3. The minimum atomic E-state index is 0.328. The highest BCUT2D eigenvalue weighted by Crippen LogP contribution is 2.19. The smallest absolute Gasteiger partial charge is 0.119 e. The highest BCUT2D eigenvalue weighted by Gasteiger charge is 2.18. The van der Waals surface area contributed by atoms with Crippen LogP contribution >= 0.6 is 0 Å². The Morgan fingerprint density at radius 3 is 3.10 bits per heavy atom. The van der Waals surface area contributed by atoms with Crippen LogP contribution in [-0.4, -0.2) is 42.9 Å². The Balaban J connectivity index is 1.63. The molecule has 2 rings (SSSR count). The van der Waals surface area contributed by atoms with Gasteiger partial charge in [-0.2, -0.15) is 0 Å². The molecule has 1 atom stereocenters. The van der Waals surface area contributed by atoms with Crippen molar-refractivity contribution in [2.45, 2.75) is 32.6 Å². The van der Waals surface area contributed by atoms with Gasteiger partial charge in [-0.05, 0) is 62.8 Å². The third kappa shape index (κ3) is 5.14. The lowest BCUT2D eigenvalue weighted by atomic mass is 9.95. The largest absolute Gasteiger partial charge is 0.494 e. The van der Waals surface area contributed by atoms with Crippen LogP contribution in [0.2, 0.25) is 0 Å². The third-order valence-corrected chi connectivity index (χ3v) is 4.02. The molecule has 1 aromatic rings. The van der Waals surface area contributed by atoms with Crippen molar-refractivity contribution >= 4 is 0 Å². The van der Waals surface area contributed by atoms with Gasteiger partial charge in [-0.1, -0.05) is 12.1 Å². The third-order valence-electron chi connectivity index (χ3n) is 4.02. The highest BCUT2D eigenvalue weighted by molar-refractivity contribution is 5.27. The van der Waals surface area contributed by atoms with Crippen molar-refractivity contribution in [2.24, 2.45) is 5.92 Å². The molecule has 0 spiro atoms. The van der Waals surface area contributed by atoms with Crippen LogP contribution in [0.25, 0.3) is 0 Å². The highest BCUT2D eigenvalue weighted by atomic mass is 16.5. The lowest BCUT2D eigenvalue weighted by Gasteiger charge is -2.32. The summed E-state index contributed by atoms with van der Waals surface area (Å²) in [5.41, 5.74) is 1.24. The van der Waals surface area contributed by atoms with Gasteiger partial charge in [0.15, 0.2) is 0 Å². The zero-order valence-corrected chi connectivity index (χ0v) is 12.6. The van der Waals surface area contributed by atoms with E-state index in [1.807, 2.05) is 12.1 Å². The van der Waals surface area contributed by atoms with Crippen molar-refractivity contribution in [2.75, 3.05) is 32.8 Å². The van der Waals surface area contributed by atoms with E-state index in [9.17, 15) is 0 Å². The monoisotopic (exact) mass is 277 g/mol.